The van der Waals surface area contributed by atoms with Crippen molar-refractivity contribution in [2.75, 3.05) is 13.2 Å². The summed E-state index contributed by atoms with van der Waals surface area (Å²) >= 11 is 1.29. The predicted molar refractivity (Wildman–Crippen MR) is 114 cm³/mol. The Kier molecular flexibility index (Phi) is 9.32. The number of hydrogen-bond donors (Lipinski definition) is 1. The SMILES string of the molecule is CC(C(=O)OCCNC(=O)c1ccc[n+](C)c1)c1ccc(C(=O)c2ccccc2)s1.[I-]. The maximum absolute atomic E-state index is 12.5. The minimum Gasteiger partial charge on any atom is -1.00 e. The molecule has 0 radical (unpaired) electrons. The van der Waals surface area contributed by atoms with E-state index in [0.717, 1.165) is 4.88 Å². The van der Waals surface area contributed by atoms with Crippen LogP contribution in [-0.2, 0) is 16.6 Å². The first-order valence-electron chi connectivity index (χ1n) is 9.55. The molecule has 0 spiro atoms. The Labute approximate surface area is 202 Å². The molecule has 162 valence electrons. The van der Waals surface area contributed by atoms with E-state index >= 15 is 0 Å². The molecule has 1 amide bonds. The number of nitrogens with zero attached hydrogens (tertiary/aromatic N) is 1. The molecule has 2 aromatic heterocycles. The second-order valence-corrected chi connectivity index (χ2v) is 7.92. The third-order valence-electron chi connectivity index (χ3n) is 4.50. The molecule has 0 saturated carbocycles. The number of aryl methyl sites for hydroxylation is 1. The summed E-state index contributed by atoms with van der Waals surface area (Å²) in [7, 11) is 1.84. The average molecular weight is 550 g/mol. The highest BCUT2D eigenvalue weighted by Crippen LogP contribution is 2.27. The molecule has 3 rings (SSSR count). The maximum atomic E-state index is 12.5. The number of pyridine rings is 1. The van der Waals surface area contributed by atoms with Crippen LogP contribution in [0.25, 0.3) is 0 Å². The molecule has 3 aromatic rings. The largest absolute Gasteiger partial charge is 1.00 e. The van der Waals surface area contributed by atoms with Crippen LogP contribution >= 0.6 is 11.3 Å². The highest BCUT2D eigenvalue weighted by molar-refractivity contribution is 7.14. The fourth-order valence-corrected chi connectivity index (χ4v) is 3.83. The lowest BCUT2D eigenvalue weighted by atomic mass is 10.1. The number of hydrogen-bond acceptors (Lipinski definition) is 5. The Bertz CT molecular complexity index is 1050. The quantitative estimate of drug-likeness (QED) is 0.140. The van der Waals surface area contributed by atoms with Crippen molar-refractivity contribution in [1.82, 2.24) is 5.32 Å². The Hall–Kier alpha value is -2.59. The number of benzene rings is 1. The van der Waals surface area contributed by atoms with Gasteiger partial charge in [-0.1, -0.05) is 30.3 Å². The predicted octanol–water partition coefficient (Wildman–Crippen LogP) is -0.116. The highest BCUT2D eigenvalue weighted by Gasteiger charge is 2.21. The van der Waals surface area contributed by atoms with Crippen LogP contribution in [-0.4, -0.2) is 30.8 Å². The van der Waals surface area contributed by atoms with Crippen molar-refractivity contribution >= 4 is 29.0 Å². The number of nitrogens with one attached hydrogen (secondary N) is 1. The zero-order valence-electron chi connectivity index (χ0n) is 17.2. The first-order chi connectivity index (χ1) is 14.5. The van der Waals surface area contributed by atoms with Crippen LogP contribution in [0, 0.1) is 0 Å². The molecule has 31 heavy (non-hydrogen) atoms. The van der Waals surface area contributed by atoms with Crippen LogP contribution < -0.4 is 33.9 Å². The summed E-state index contributed by atoms with van der Waals surface area (Å²) in [6.45, 7) is 2.04. The second kappa shape index (κ2) is 11.7. The third kappa shape index (κ3) is 6.70. The molecular weight excluding hydrogens is 527 g/mol. The Balaban J connectivity index is 0.00000341. The van der Waals surface area contributed by atoms with Crippen molar-refractivity contribution in [3.63, 3.8) is 0 Å². The van der Waals surface area contributed by atoms with Gasteiger partial charge in [0.25, 0.3) is 5.91 Å². The van der Waals surface area contributed by atoms with Gasteiger partial charge in [0.2, 0.25) is 5.78 Å². The number of thiophene rings is 1. The summed E-state index contributed by atoms with van der Waals surface area (Å²) in [5.74, 6) is -1.17. The molecule has 0 aliphatic carbocycles. The van der Waals surface area contributed by atoms with Gasteiger partial charge >= 0.3 is 5.97 Å². The van der Waals surface area contributed by atoms with Gasteiger partial charge in [-0.05, 0) is 25.1 Å². The van der Waals surface area contributed by atoms with Crippen LogP contribution in [0.1, 0.15) is 43.3 Å². The standard InChI is InChI=1S/C23H22N2O4S.HI/c1-16(19-10-11-20(30-19)21(26)17-7-4-3-5-8-17)23(28)29-14-12-24-22(27)18-9-6-13-25(2)15-18;/h3-11,13,15-16H,12,14H2,1-2H3;1H. The fourth-order valence-electron chi connectivity index (χ4n) is 2.82. The van der Waals surface area contributed by atoms with E-state index in [4.69, 9.17) is 4.74 Å². The van der Waals surface area contributed by atoms with Gasteiger partial charge in [0.1, 0.15) is 19.2 Å². The zero-order valence-corrected chi connectivity index (χ0v) is 20.2. The van der Waals surface area contributed by atoms with Crippen molar-refractivity contribution in [2.24, 2.45) is 7.05 Å². The molecule has 1 aromatic carbocycles. The number of aromatic nitrogens is 1. The third-order valence-corrected chi connectivity index (χ3v) is 5.77. The number of rotatable bonds is 8. The Morgan fingerprint density at radius 2 is 1.74 bits per heavy atom. The summed E-state index contributed by atoms with van der Waals surface area (Å²) in [5, 5.41) is 2.73. The molecule has 0 saturated heterocycles. The van der Waals surface area contributed by atoms with Gasteiger partial charge in [0.15, 0.2) is 12.4 Å². The molecular formula is C23H23IN2O4S. The lowest BCUT2D eigenvalue weighted by Gasteiger charge is -2.10. The highest BCUT2D eigenvalue weighted by atomic mass is 127. The minimum atomic E-state index is -0.490. The summed E-state index contributed by atoms with van der Waals surface area (Å²) < 4.78 is 7.07. The van der Waals surface area contributed by atoms with Crippen LogP contribution in [0.4, 0.5) is 0 Å². The first kappa shape index (κ1) is 24.7. The topological polar surface area (TPSA) is 76.3 Å². The molecule has 8 heteroatoms. The molecule has 0 aliphatic rings. The number of carbonyl (C=O) groups is 3. The number of esters is 1. The Morgan fingerprint density at radius 3 is 2.45 bits per heavy atom. The van der Waals surface area contributed by atoms with E-state index in [1.165, 1.54) is 11.3 Å². The van der Waals surface area contributed by atoms with E-state index < -0.39 is 11.9 Å². The van der Waals surface area contributed by atoms with E-state index in [1.807, 2.05) is 31.4 Å². The number of ether oxygens (including phenoxy) is 1. The monoisotopic (exact) mass is 550 g/mol. The van der Waals surface area contributed by atoms with Gasteiger partial charge in [0, 0.05) is 16.5 Å². The average Bonchev–Trinajstić information content (AvgIpc) is 3.26. The van der Waals surface area contributed by atoms with E-state index in [-0.39, 0.29) is 48.8 Å². The number of halogens is 1. The normalized spacial score (nSPS) is 11.2. The summed E-state index contributed by atoms with van der Waals surface area (Å²) in [6, 6.07) is 16.0. The van der Waals surface area contributed by atoms with Crippen molar-refractivity contribution in [2.45, 2.75) is 12.8 Å². The van der Waals surface area contributed by atoms with Crippen LogP contribution in [0.15, 0.2) is 67.0 Å². The lowest BCUT2D eigenvalue weighted by Crippen LogP contribution is -3.00. The number of carbonyl (C=O) groups excluding carboxylic acids is 3. The molecule has 0 aliphatic heterocycles. The van der Waals surface area contributed by atoms with Crippen molar-refractivity contribution in [3.8, 4) is 0 Å². The molecule has 1 N–H and O–H groups in total. The van der Waals surface area contributed by atoms with Gasteiger partial charge in [0.05, 0.1) is 17.3 Å². The molecule has 2 heterocycles. The number of ketones is 1. The van der Waals surface area contributed by atoms with E-state index in [2.05, 4.69) is 5.32 Å². The van der Waals surface area contributed by atoms with E-state index in [9.17, 15) is 14.4 Å². The van der Waals surface area contributed by atoms with Crippen molar-refractivity contribution < 1.29 is 47.7 Å². The van der Waals surface area contributed by atoms with E-state index in [1.54, 1.807) is 54.1 Å². The lowest BCUT2D eigenvalue weighted by molar-refractivity contribution is -0.671. The zero-order chi connectivity index (χ0) is 21.5. The molecule has 0 bridgehead atoms. The summed E-state index contributed by atoms with van der Waals surface area (Å²) in [5.41, 5.74) is 1.15. The van der Waals surface area contributed by atoms with Gasteiger partial charge in [-0.25, -0.2) is 4.57 Å². The van der Waals surface area contributed by atoms with E-state index in [0.29, 0.717) is 16.0 Å². The number of amides is 1. The molecule has 1 atom stereocenters. The fraction of sp³-hybridized carbons (Fsp3) is 0.217. The van der Waals surface area contributed by atoms with Crippen LogP contribution in [0.2, 0.25) is 0 Å². The molecule has 6 nitrogen and oxygen atoms in total. The Morgan fingerprint density at radius 1 is 1.03 bits per heavy atom. The first-order valence-corrected chi connectivity index (χ1v) is 10.4. The summed E-state index contributed by atoms with van der Waals surface area (Å²) in [4.78, 5) is 38.3. The molecule has 0 fully saturated rings. The van der Waals surface area contributed by atoms with Gasteiger partial charge in [-0.2, -0.15) is 0 Å². The summed E-state index contributed by atoms with van der Waals surface area (Å²) in [6.07, 6.45) is 3.55. The second-order valence-electron chi connectivity index (χ2n) is 6.80. The smallest absolute Gasteiger partial charge is 0.314 e. The van der Waals surface area contributed by atoms with Crippen LogP contribution in [0.3, 0.4) is 0 Å². The molecule has 1 unspecified atom stereocenters. The van der Waals surface area contributed by atoms with Crippen LogP contribution in [0.5, 0.6) is 0 Å². The van der Waals surface area contributed by atoms with Crippen molar-refractivity contribution in [3.05, 3.63) is 87.9 Å². The maximum Gasteiger partial charge on any atom is 0.314 e. The van der Waals surface area contributed by atoms with Gasteiger partial charge in [-0.3, -0.25) is 14.4 Å². The van der Waals surface area contributed by atoms with Gasteiger partial charge < -0.3 is 34.0 Å². The van der Waals surface area contributed by atoms with Gasteiger partial charge in [-0.15, -0.1) is 11.3 Å². The minimum absolute atomic E-state index is 0. The van der Waals surface area contributed by atoms with Crippen molar-refractivity contribution in [1.29, 1.82) is 0 Å².